The highest BCUT2D eigenvalue weighted by Gasteiger charge is 2.16. The third-order valence-corrected chi connectivity index (χ3v) is 3.47. The lowest BCUT2D eigenvalue weighted by Gasteiger charge is -2.04. The molecule has 0 saturated carbocycles. The minimum absolute atomic E-state index is 0.311. The van der Waals surface area contributed by atoms with Crippen LogP contribution in [-0.2, 0) is 13.6 Å². The van der Waals surface area contributed by atoms with Crippen LogP contribution < -0.4 is 5.32 Å². The molecule has 0 fully saturated rings. The zero-order chi connectivity index (χ0) is 15.0. The number of aromatic nitrogens is 3. The van der Waals surface area contributed by atoms with Crippen LogP contribution in [0.5, 0.6) is 0 Å². The third kappa shape index (κ3) is 2.29. The van der Waals surface area contributed by atoms with E-state index in [0.29, 0.717) is 22.4 Å². The standard InChI is InChI=1S/C15H15FN4O/c1-3-20-8-7-14(18-20)17-15(21)13-9-10-11(16)5-4-6-12(10)19(13)2/h4-9H,3H2,1-2H3,(H,17,18,21). The highest BCUT2D eigenvalue weighted by atomic mass is 19.1. The van der Waals surface area contributed by atoms with E-state index in [2.05, 4.69) is 10.4 Å². The molecular formula is C15H15FN4O. The van der Waals surface area contributed by atoms with Crippen molar-refractivity contribution in [2.45, 2.75) is 13.5 Å². The second kappa shape index (κ2) is 5.05. The van der Waals surface area contributed by atoms with Crippen molar-refractivity contribution < 1.29 is 9.18 Å². The smallest absolute Gasteiger partial charge is 0.273 e. The van der Waals surface area contributed by atoms with Crippen LogP contribution in [0.1, 0.15) is 17.4 Å². The number of carbonyl (C=O) groups is 1. The Balaban J connectivity index is 1.94. The Morgan fingerprint density at radius 2 is 2.19 bits per heavy atom. The van der Waals surface area contributed by atoms with Gasteiger partial charge in [-0.05, 0) is 25.1 Å². The molecule has 0 radical (unpaired) electrons. The van der Waals surface area contributed by atoms with Crippen molar-refractivity contribution in [2.24, 2.45) is 7.05 Å². The van der Waals surface area contributed by atoms with Gasteiger partial charge < -0.3 is 9.88 Å². The van der Waals surface area contributed by atoms with Crippen LogP contribution in [0.15, 0.2) is 36.5 Å². The van der Waals surface area contributed by atoms with E-state index >= 15 is 0 Å². The first kappa shape index (κ1) is 13.4. The third-order valence-electron chi connectivity index (χ3n) is 3.47. The van der Waals surface area contributed by atoms with Crippen molar-refractivity contribution in [3.63, 3.8) is 0 Å². The molecule has 0 aliphatic rings. The van der Waals surface area contributed by atoms with Gasteiger partial charge >= 0.3 is 0 Å². The number of hydrogen-bond acceptors (Lipinski definition) is 2. The Labute approximate surface area is 121 Å². The summed E-state index contributed by atoms with van der Waals surface area (Å²) in [6, 6.07) is 8.07. The van der Waals surface area contributed by atoms with Crippen molar-refractivity contribution >= 4 is 22.6 Å². The Morgan fingerprint density at radius 1 is 1.38 bits per heavy atom. The number of rotatable bonds is 3. The molecule has 108 valence electrons. The van der Waals surface area contributed by atoms with E-state index < -0.39 is 0 Å². The molecule has 2 heterocycles. The number of nitrogens with zero attached hydrogens (tertiary/aromatic N) is 3. The Hall–Kier alpha value is -2.63. The number of aryl methyl sites for hydroxylation is 2. The van der Waals surface area contributed by atoms with Crippen molar-refractivity contribution in [1.82, 2.24) is 14.3 Å². The number of anilines is 1. The Bertz CT molecular complexity index is 818. The van der Waals surface area contributed by atoms with Crippen LogP contribution in [0.2, 0.25) is 0 Å². The number of carbonyl (C=O) groups excluding carboxylic acids is 1. The van der Waals surface area contributed by atoms with Crippen LogP contribution in [-0.4, -0.2) is 20.3 Å². The monoisotopic (exact) mass is 286 g/mol. The first-order valence-corrected chi connectivity index (χ1v) is 6.69. The van der Waals surface area contributed by atoms with Gasteiger partial charge in [-0.3, -0.25) is 9.48 Å². The fourth-order valence-corrected chi connectivity index (χ4v) is 2.33. The molecule has 0 bridgehead atoms. The van der Waals surface area contributed by atoms with E-state index in [9.17, 15) is 9.18 Å². The summed E-state index contributed by atoms with van der Waals surface area (Å²) in [5, 5.41) is 7.35. The number of benzene rings is 1. The summed E-state index contributed by atoms with van der Waals surface area (Å²) in [6.07, 6.45) is 1.79. The number of hydrogen-bond donors (Lipinski definition) is 1. The topological polar surface area (TPSA) is 51.9 Å². The molecule has 5 nitrogen and oxygen atoms in total. The van der Waals surface area contributed by atoms with Gasteiger partial charge in [0.2, 0.25) is 0 Å². The van der Waals surface area contributed by atoms with Gasteiger partial charge in [-0.1, -0.05) is 6.07 Å². The average Bonchev–Trinajstić information content (AvgIpc) is 3.05. The molecule has 0 aliphatic carbocycles. The molecule has 0 spiro atoms. The maximum absolute atomic E-state index is 13.8. The SMILES string of the molecule is CCn1ccc(NC(=O)c2cc3c(F)cccc3n2C)n1. The number of halogens is 1. The molecule has 1 aromatic carbocycles. The van der Waals surface area contributed by atoms with E-state index in [1.165, 1.54) is 6.07 Å². The quantitative estimate of drug-likeness (QED) is 0.805. The van der Waals surface area contributed by atoms with E-state index in [1.54, 1.807) is 46.8 Å². The second-order valence-electron chi connectivity index (χ2n) is 4.77. The minimum atomic E-state index is -0.336. The van der Waals surface area contributed by atoms with Crippen molar-refractivity contribution in [3.8, 4) is 0 Å². The van der Waals surface area contributed by atoms with Crippen LogP contribution in [0.3, 0.4) is 0 Å². The van der Waals surface area contributed by atoms with Crippen molar-refractivity contribution in [1.29, 1.82) is 0 Å². The van der Waals surface area contributed by atoms with Gasteiger partial charge in [-0.2, -0.15) is 5.10 Å². The van der Waals surface area contributed by atoms with E-state index in [0.717, 1.165) is 6.54 Å². The fourth-order valence-electron chi connectivity index (χ4n) is 2.33. The van der Waals surface area contributed by atoms with Crippen LogP contribution >= 0.6 is 0 Å². The predicted molar refractivity (Wildman–Crippen MR) is 78.7 cm³/mol. The Kier molecular flexibility index (Phi) is 3.21. The molecule has 2 aromatic heterocycles. The lowest BCUT2D eigenvalue weighted by atomic mass is 10.2. The molecule has 3 rings (SSSR count). The average molecular weight is 286 g/mol. The summed E-state index contributed by atoms with van der Waals surface area (Å²) >= 11 is 0. The number of nitrogens with one attached hydrogen (secondary N) is 1. The zero-order valence-corrected chi connectivity index (χ0v) is 11.8. The van der Waals surface area contributed by atoms with Gasteiger partial charge in [0.15, 0.2) is 5.82 Å². The molecule has 0 aliphatic heterocycles. The van der Waals surface area contributed by atoms with Crippen molar-refractivity contribution in [3.05, 3.63) is 48.0 Å². The van der Waals surface area contributed by atoms with Gasteiger partial charge in [0.1, 0.15) is 11.5 Å². The predicted octanol–water partition coefficient (Wildman–Crippen LogP) is 2.79. The van der Waals surface area contributed by atoms with Crippen molar-refractivity contribution in [2.75, 3.05) is 5.32 Å². The maximum Gasteiger partial charge on any atom is 0.273 e. The summed E-state index contributed by atoms with van der Waals surface area (Å²) in [4.78, 5) is 12.3. The highest BCUT2D eigenvalue weighted by Crippen LogP contribution is 2.22. The minimum Gasteiger partial charge on any atom is -0.340 e. The van der Waals surface area contributed by atoms with E-state index in [-0.39, 0.29) is 11.7 Å². The van der Waals surface area contributed by atoms with Gasteiger partial charge in [0.25, 0.3) is 5.91 Å². The van der Waals surface area contributed by atoms with Crippen LogP contribution in [0.4, 0.5) is 10.2 Å². The molecule has 0 saturated heterocycles. The molecule has 1 amide bonds. The largest absolute Gasteiger partial charge is 0.340 e. The normalized spacial score (nSPS) is 11.0. The molecule has 0 unspecified atom stereocenters. The maximum atomic E-state index is 13.8. The fraction of sp³-hybridized carbons (Fsp3) is 0.200. The lowest BCUT2D eigenvalue weighted by Crippen LogP contribution is -2.16. The summed E-state index contributed by atoms with van der Waals surface area (Å²) in [5.41, 5.74) is 1.07. The van der Waals surface area contributed by atoms with E-state index in [4.69, 9.17) is 0 Å². The molecular weight excluding hydrogens is 271 g/mol. The van der Waals surface area contributed by atoms with E-state index in [1.807, 2.05) is 6.92 Å². The summed E-state index contributed by atoms with van der Waals surface area (Å²) in [6.45, 7) is 2.69. The summed E-state index contributed by atoms with van der Waals surface area (Å²) < 4.78 is 17.1. The summed E-state index contributed by atoms with van der Waals surface area (Å²) in [5.74, 6) is -0.167. The van der Waals surface area contributed by atoms with Gasteiger partial charge in [0, 0.05) is 31.2 Å². The molecule has 6 heteroatoms. The highest BCUT2D eigenvalue weighted by molar-refractivity contribution is 6.06. The second-order valence-corrected chi connectivity index (χ2v) is 4.77. The van der Waals surface area contributed by atoms with Crippen LogP contribution in [0, 0.1) is 5.82 Å². The Morgan fingerprint density at radius 3 is 2.86 bits per heavy atom. The van der Waals surface area contributed by atoms with Gasteiger partial charge in [0.05, 0.1) is 5.52 Å². The first-order valence-electron chi connectivity index (χ1n) is 6.69. The molecule has 0 atom stereocenters. The van der Waals surface area contributed by atoms with Gasteiger partial charge in [-0.15, -0.1) is 0 Å². The zero-order valence-electron chi connectivity index (χ0n) is 11.8. The molecule has 21 heavy (non-hydrogen) atoms. The molecule has 3 aromatic rings. The summed E-state index contributed by atoms with van der Waals surface area (Å²) in [7, 11) is 1.74. The lowest BCUT2D eigenvalue weighted by molar-refractivity contribution is 0.101. The number of fused-ring (bicyclic) bond motifs is 1. The van der Waals surface area contributed by atoms with Crippen LogP contribution in [0.25, 0.3) is 10.9 Å². The first-order chi connectivity index (χ1) is 10.1. The van der Waals surface area contributed by atoms with Gasteiger partial charge in [-0.25, -0.2) is 4.39 Å². The number of amides is 1. The molecule has 1 N–H and O–H groups in total.